The Balaban J connectivity index is 2.02. The second kappa shape index (κ2) is 5.64. The Bertz CT molecular complexity index is 290. The van der Waals surface area contributed by atoms with E-state index >= 15 is 0 Å². The largest absolute Gasteiger partial charge is 0.396 e. The second-order valence-corrected chi connectivity index (χ2v) is 6.32. The summed E-state index contributed by atoms with van der Waals surface area (Å²) in [5, 5.41) is 39.0. The fraction of sp³-hybridized carbons (Fsp3) is 1.00. The minimum absolute atomic E-state index is 0.190. The Hall–Kier alpha value is 0.150. The van der Waals surface area contributed by atoms with E-state index in [4.69, 9.17) is 4.74 Å². The van der Waals surface area contributed by atoms with Gasteiger partial charge in [-0.3, -0.25) is 0 Å². The zero-order valence-corrected chi connectivity index (χ0v) is 11.3. The Kier molecular flexibility index (Phi) is 4.57. The highest BCUT2D eigenvalue weighted by atomic mass is 32.2. The summed E-state index contributed by atoms with van der Waals surface area (Å²) >= 11 is 1.61. The van der Waals surface area contributed by atoms with E-state index in [0.717, 1.165) is 18.6 Å². The predicted molar refractivity (Wildman–Crippen MR) is 67.8 cm³/mol. The molecule has 0 aromatic rings. The van der Waals surface area contributed by atoms with Crippen LogP contribution in [0, 0.1) is 17.8 Å². The first-order valence-corrected chi connectivity index (χ1v) is 7.56. The molecule has 1 aliphatic carbocycles. The minimum atomic E-state index is -1.47. The van der Waals surface area contributed by atoms with Crippen LogP contribution in [0.5, 0.6) is 0 Å². The summed E-state index contributed by atoms with van der Waals surface area (Å²) in [5.41, 5.74) is -0.190. The van der Waals surface area contributed by atoms with Crippen LogP contribution >= 0.6 is 11.8 Å². The lowest BCUT2D eigenvalue weighted by Crippen LogP contribution is -2.61. The highest BCUT2D eigenvalue weighted by Gasteiger charge is 2.70. The zero-order chi connectivity index (χ0) is 13.3. The predicted octanol–water partition coefficient (Wildman–Crippen LogP) is -0.228. The number of aliphatic hydroxyl groups is 4. The van der Waals surface area contributed by atoms with E-state index in [1.807, 2.05) is 0 Å². The number of ether oxygens (including phenoxy) is 1. The molecule has 4 N–H and O–H groups in total. The highest BCUT2D eigenvalue weighted by molar-refractivity contribution is 7.99. The molecule has 6 heteroatoms. The van der Waals surface area contributed by atoms with Gasteiger partial charge < -0.3 is 25.2 Å². The maximum absolute atomic E-state index is 10.3. The minimum Gasteiger partial charge on any atom is -0.396 e. The molecule has 18 heavy (non-hydrogen) atoms. The van der Waals surface area contributed by atoms with Crippen LogP contribution in [0.2, 0.25) is 0 Å². The van der Waals surface area contributed by atoms with Gasteiger partial charge in [0.2, 0.25) is 0 Å². The fourth-order valence-corrected chi connectivity index (χ4v) is 4.52. The van der Waals surface area contributed by atoms with Crippen LogP contribution in [0.3, 0.4) is 0 Å². The van der Waals surface area contributed by atoms with Gasteiger partial charge in [0.25, 0.3) is 0 Å². The van der Waals surface area contributed by atoms with E-state index < -0.39 is 23.7 Å². The van der Waals surface area contributed by atoms with Gasteiger partial charge in [-0.15, -0.1) is 11.8 Å². The Morgan fingerprint density at radius 3 is 2.56 bits per heavy atom. The molecule has 1 saturated carbocycles. The van der Waals surface area contributed by atoms with Crippen molar-refractivity contribution in [2.24, 2.45) is 17.8 Å². The molecule has 0 aromatic carbocycles. The number of aliphatic hydroxyl groups excluding tert-OH is 3. The molecule has 1 heterocycles. The molecule has 6 unspecified atom stereocenters. The molecule has 2 fully saturated rings. The van der Waals surface area contributed by atoms with E-state index in [9.17, 15) is 20.4 Å². The fourth-order valence-electron chi connectivity index (χ4n) is 3.00. The molecule has 0 radical (unpaired) electrons. The van der Waals surface area contributed by atoms with Crippen molar-refractivity contribution in [2.45, 2.75) is 37.1 Å². The number of rotatable bonds is 6. The summed E-state index contributed by atoms with van der Waals surface area (Å²) < 4.78 is 5.49. The molecule has 6 atom stereocenters. The standard InChI is InChI=1S/C12H22O5S/c1-2-3-4-18-11-9-7(5-13)10(15)8(6-14)12(9,16)17-11/h7-11,13-16H,2-6H2,1H3. The van der Waals surface area contributed by atoms with E-state index in [2.05, 4.69) is 6.92 Å². The molecule has 0 bridgehead atoms. The van der Waals surface area contributed by atoms with Gasteiger partial charge in [-0.1, -0.05) is 13.3 Å². The van der Waals surface area contributed by atoms with E-state index in [1.54, 1.807) is 11.8 Å². The summed E-state index contributed by atoms with van der Waals surface area (Å²) in [6.45, 7) is 1.58. The lowest BCUT2D eigenvalue weighted by atomic mass is 9.88. The quantitative estimate of drug-likeness (QED) is 0.502. The van der Waals surface area contributed by atoms with Crippen LogP contribution in [0.15, 0.2) is 0 Å². The van der Waals surface area contributed by atoms with E-state index in [1.165, 1.54) is 0 Å². The first-order chi connectivity index (χ1) is 8.60. The van der Waals surface area contributed by atoms with Gasteiger partial charge in [-0.2, -0.15) is 0 Å². The molecule has 2 aliphatic rings. The number of hydrogen-bond acceptors (Lipinski definition) is 6. The summed E-state index contributed by atoms with van der Waals surface area (Å²) in [6.07, 6.45) is 1.26. The molecule has 1 saturated heterocycles. The SMILES string of the molecule is CCCCSC1OC2(O)C(CO)C(O)C(CO)C12. The number of fused-ring (bicyclic) bond motifs is 1. The van der Waals surface area contributed by atoms with Crippen molar-refractivity contribution < 1.29 is 25.2 Å². The summed E-state index contributed by atoms with van der Waals surface area (Å²) in [5.74, 6) is -1.96. The third-order valence-electron chi connectivity index (χ3n) is 4.11. The summed E-state index contributed by atoms with van der Waals surface area (Å²) in [4.78, 5) is 0. The van der Waals surface area contributed by atoms with Gasteiger partial charge in [0.1, 0.15) is 5.44 Å². The molecule has 106 valence electrons. The van der Waals surface area contributed by atoms with Crippen molar-refractivity contribution in [3.05, 3.63) is 0 Å². The first kappa shape index (κ1) is 14.6. The van der Waals surface area contributed by atoms with Crippen LogP contribution in [-0.2, 0) is 4.74 Å². The van der Waals surface area contributed by atoms with Crippen molar-refractivity contribution in [3.8, 4) is 0 Å². The summed E-state index contributed by atoms with van der Waals surface area (Å²) in [7, 11) is 0. The van der Waals surface area contributed by atoms with Crippen LogP contribution < -0.4 is 0 Å². The smallest absolute Gasteiger partial charge is 0.181 e. The van der Waals surface area contributed by atoms with Crippen molar-refractivity contribution >= 4 is 11.8 Å². The topological polar surface area (TPSA) is 90.2 Å². The molecular weight excluding hydrogens is 256 g/mol. The highest BCUT2D eigenvalue weighted by Crippen LogP contribution is 2.58. The lowest BCUT2D eigenvalue weighted by molar-refractivity contribution is -0.354. The van der Waals surface area contributed by atoms with Gasteiger partial charge in [0.05, 0.1) is 24.5 Å². The lowest BCUT2D eigenvalue weighted by Gasteiger charge is -2.50. The van der Waals surface area contributed by atoms with Gasteiger partial charge in [0.15, 0.2) is 5.79 Å². The van der Waals surface area contributed by atoms with Crippen molar-refractivity contribution in [1.82, 2.24) is 0 Å². The maximum atomic E-state index is 10.3. The average Bonchev–Trinajstić information content (AvgIpc) is 2.50. The third kappa shape index (κ3) is 2.09. The first-order valence-electron chi connectivity index (χ1n) is 6.51. The van der Waals surface area contributed by atoms with E-state index in [0.29, 0.717) is 0 Å². The van der Waals surface area contributed by atoms with E-state index in [-0.39, 0.29) is 24.6 Å². The average molecular weight is 278 g/mol. The monoisotopic (exact) mass is 278 g/mol. The van der Waals surface area contributed by atoms with Gasteiger partial charge in [-0.25, -0.2) is 0 Å². The Morgan fingerprint density at radius 2 is 2.00 bits per heavy atom. The van der Waals surface area contributed by atoms with Crippen LogP contribution in [0.4, 0.5) is 0 Å². The van der Waals surface area contributed by atoms with Crippen LogP contribution in [-0.4, -0.2) is 56.7 Å². The van der Waals surface area contributed by atoms with Crippen LogP contribution in [0.1, 0.15) is 19.8 Å². The molecule has 0 aromatic heterocycles. The Labute approximate surface area is 111 Å². The van der Waals surface area contributed by atoms with Gasteiger partial charge >= 0.3 is 0 Å². The second-order valence-electron chi connectivity index (χ2n) is 5.11. The zero-order valence-electron chi connectivity index (χ0n) is 10.5. The molecule has 0 spiro atoms. The van der Waals surface area contributed by atoms with Crippen molar-refractivity contribution in [2.75, 3.05) is 19.0 Å². The van der Waals surface area contributed by atoms with Gasteiger partial charge in [0, 0.05) is 12.5 Å². The molecule has 1 aliphatic heterocycles. The Morgan fingerprint density at radius 1 is 1.28 bits per heavy atom. The number of thioether (sulfide) groups is 1. The molecule has 0 amide bonds. The third-order valence-corrected chi connectivity index (χ3v) is 5.35. The van der Waals surface area contributed by atoms with Crippen molar-refractivity contribution in [1.29, 1.82) is 0 Å². The van der Waals surface area contributed by atoms with Gasteiger partial charge in [-0.05, 0) is 12.2 Å². The van der Waals surface area contributed by atoms with Crippen molar-refractivity contribution in [3.63, 3.8) is 0 Å². The number of unbranched alkanes of at least 4 members (excludes halogenated alkanes) is 1. The molecule has 2 rings (SSSR count). The normalized spacial score (nSPS) is 46.8. The maximum Gasteiger partial charge on any atom is 0.181 e. The molecule has 5 nitrogen and oxygen atoms in total. The molecular formula is C12H22O5S. The number of hydrogen-bond donors (Lipinski definition) is 4. The van der Waals surface area contributed by atoms with Crippen LogP contribution in [0.25, 0.3) is 0 Å². The summed E-state index contributed by atoms with van der Waals surface area (Å²) in [6, 6.07) is 0.